The third-order valence-electron chi connectivity index (χ3n) is 2.81. The van der Waals surface area contributed by atoms with E-state index in [0.29, 0.717) is 6.17 Å². The molecule has 0 amide bonds. The molecule has 1 saturated carbocycles. The second-order valence-corrected chi connectivity index (χ2v) is 3.81. The zero-order valence-electron chi connectivity index (χ0n) is 6.80. The molecule has 0 bridgehead atoms. The Morgan fingerprint density at radius 2 is 2.20 bits per heavy atom. The summed E-state index contributed by atoms with van der Waals surface area (Å²) < 4.78 is 0. The molecule has 1 aliphatic carbocycles. The van der Waals surface area contributed by atoms with Gasteiger partial charge in [0, 0.05) is 0 Å². The van der Waals surface area contributed by atoms with Crippen LogP contribution in [0.25, 0.3) is 0 Å². The summed E-state index contributed by atoms with van der Waals surface area (Å²) in [5.41, 5.74) is 0. The van der Waals surface area contributed by atoms with Gasteiger partial charge in [0.25, 0.3) is 0 Å². The largest absolute Gasteiger partial charge is 0.301 e. The Morgan fingerprint density at radius 3 is 2.80 bits per heavy atom. The molecule has 3 atom stereocenters. The van der Waals surface area contributed by atoms with Gasteiger partial charge in [0.1, 0.15) is 0 Å². The first-order chi connectivity index (χ1) is 4.79. The predicted molar refractivity (Wildman–Crippen MR) is 41.7 cm³/mol. The number of rotatable bonds is 1. The molecule has 2 nitrogen and oxygen atoms in total. The second-order valence-electron chi connectivity index (χ2n) is 3.81. The van der Waals surface area contributed by atoms with E-state index in [4.69, 9.17) is 0 Å². The second kappa shape index (κ2) is 2.21. The Kier molecular flexibility index (Phi) is 1.46. The zero-order valence-corrected chi connectivity index (χ0v) is 6.80. The lowest BCUT2D eigenvalue weighted by Gasteiger charge is -2.29. The number of piperidine rings is 1. The van der Waals surface area contributed by atoms with Gasteiger partial charge in [-0.1, -0.05) is 0 Å². The van der Waals surface area contributed by atoms with Gasteiger partial charge in [-0.2, -0.15) is 0 Å². The highest BCUT2D eigenvalue weighted by atomic mass is 15.2. The minimum atomic E-state index is 0.679. The molecule has 0 spiro atoms. The number of fused-ring (bicyclic) bond motifs is 1. The topological polar surface area (TPSA) is 15.3 Å². The smallest absolute Gasteiger partial charge is 0.0623 e. The van der Waals surface area contributed by atoms with Crippen molar-refractivity contribution < 1.29 is 0 Å². The van der Waals surface area contributed by atoms with Gasteiger partial charge in [0.15, 0.2) is 0 Å². The van der Waals surface area contributed by atoms with Gasteiger partial charge < -0.3 is 5.32 Å². The Labute approximate surface area is 62.6 Å². The SMILES string of the molecule is CN(C)C1NCC[C@@H]2CC12. The van der Waals surface area contributed by atoms with Crippen molar-refractivity contribution in [3.63, 3.8) is 0 Å². The van der Waals surface area contributed by atoms with Crippen molar-refractivity contribution >= 4 is 0 Å². The summed E-state index contributed by atoms with van der Waals surface area (Å²) in [5, 5.41) is 3.54. The van der Waals surface area contributed by atoms with Crippen LogP contribution in [-0.4, -0.2) is 31.7 Å². The molecule has 1 saturated heterocycles. The molecule has 0 aromatic rings. The Balaban J connectivity index is 1.96. The van der Waals surface area contributed by atoms with Gasteiger partial charge in [-0.15, -0.1) is 0 Å². The van der Waals surface area contributed by atoms with Crippen molar-refractivity contribution in [3.05, 3.63) is 0 Å². The lowest BCUT2D eigenvalue weighted by atomic mass is 10.1. The van der Waals surface area contributed by atoms with Crippen molar-refractivity contribution in [1.82, 2.24) is 10.2 Å². The normalized spacial score (nSPS) is 45.3. The molecule has 0 aromatic carbocycles. The van der Waals surface area contributed by atoms with E-state index in [0.717, 1.165) is 11.8 Å². The van der Waals surface area contributed by atoms with Crippen LogP contribution in [0.4, 0.5) is 0 Å². The molecular formula is C8H16N2. The van der Waals surface area contributed by atoms with Crippen LogP contribution in [0.3, 0.4) is 0 Å². The molecule has 2 unspecified atom stereocenters. The summed E-state index contributed by atoms with van der Waals surface area (Å²) in [7, 11) is 4.33. The quantitative estimate of drug-likeness (QED) is 0.570. The standard InChI is InChI=1S/C8H16N2/c1-10(2)8-7-5-6(7)3-4-9-8/h6-9H,3-5H2,1-2H3/t6-,7?,8?/m1/s1. The fraction of sp³-hybridized carbons (Fsp3) is 1.00. The average molecular weight is 140 g/mol. The van der Waals surface area contributed by atoms with Crippen LogP contribution in [0, 0.1) is 11.8 Å². The van der Waals surface area contributed by atoms with Gasteiger partial charge in [-0.3, -0.25) is 4.90 Å². The van der Waals surface area contributed by atoms with Crippen LogP contribution in [-0.2, 0) is 0 Å². The van der Waals surface area contributed by atoms with E-state index in [1.807, 2.05) is 0 Å². The predicted octanol–water partition coefficient (Wildman–Crippen LogP) is 0.503. The molecule has 2 fully saturated rings. The van der Waals surface area contributed by atoms with Crippen LogP contribution in [0.15, 0.2) is 0 Å². The molecule has 2 rings (SSSR count). The summed E-state index contributed by atoms with van der Waals surface area (Å²) in [6.45, 7) is 1.23. The molecule has 0 radical (unpaired) electrons. The third-order valence-corrected chi connectivity index (χ3v) is 2.81. The van der Waals surface area contributed by atoms with Crippen LogP contribution < -0.4 is 5.32 Å². The summed E-state index contributed by atoms with van der Waals surface area (Å²) in [5.74, 6) is 2.04. The third kappa shape index (κ3) is 0.956. The summed E-state index contributed by atoms with van der Waals surface area (Å²) in [6, 6.07) is 0. The maximum atomic E-state index is 3.54. The fourth-order valence-corrected chi connectivity index (χ4v) is 2.12. The van der Waals surface area contributed by atoms with E-state index in [1.54, 1.807) is 0 Å². The summed E-state index contributed by atoms with van der Waals surface area (Å²) in [6.07, 6.45) is 3.56. The van der Waals surface area contributed by atoms with Gasteiger partial charge >= 0.3 is 0 Å². The molecule has 2 heteroatoms. The van der Waals surface area contributed by atoms with Gasteiger partial charge in [0.2, 0.25) is 0 Å². The highest BCUT2D eigenvalue weighted by Crippen LogP contribution is 2.46. The lowest BCUT2D eigenvalue weighted by molar-refractivity contribution is 0.189. The zero-order chi connectivity index (χ0) is 7.14. The number of hydrogen-bond acceptors (Lipinski definition) is 2. The van der Waals surface area contributed by atoms with Gasteiger partial charge in [-0.25, -0.2) is 0 Å². The molecule has 0 aromatic heterocycles. The first-order valence-electron chi connectivity index (χ1n) is 4.19. The van der Waals surface area contributed by atoms with Crippen molar-refractivity contribution in [2.45, 2.75) is 19.0 Å². The molecule has 1 N–H and O–H groups in total. The molecule has 10 heavy (non-hydrogen) atoms. The van der Waals surface area contributed by atoms with Crippen LogP contribution in [0.5, 0.6) is 0 Å². The Hall–Kier alpha value is -0.0800. The highest BCUT2D eigenvalue weighted by Gasteiger charge is 2.45. The van der Waals surface area contributed by atoms with Crippen molar-refractivity contribution in [1.29, 1.82) is 0 Å². The maximum Gasteiger partial charge on any atom is 0.0623 e. The minimum Gasteiger partial charge on any atom is -0.301 e. The van der Waals surface area contributed by atoms with Crippen molar-refractivity contribution in [2.75, 3.05) is 20.6 Å². The molecule has 1 aliphatic heterocycles. The van der Waals surface area contributed by atoms with Crippen molar-refractivity contribution in [3.8, 4) is 0 Å². The molecule has 2 aliphatic rings. The molecular weight excluding hydrogens is 124 g/mol. The van der Waals surface area contributed by atoms with Gasteiger partial charge in [-0.05, 0) is 45.3 Å². The Bertz CT molecular complexity index is 133. The monoisotopic (exact) mass is 140 g/mol. The van der Waals surface area contributed by atoms with E-state index in [9.17, 15) is 0 Å². The van der Waals surface area contributed by atoms with E-state index >= 15 is 0 Å². The van der Waals surface area contributed by atoms with Crippen LogP contribution in [0.1, 0.15) is 12.8 Å². The molecule has 1 heterocycles. The first-order valence-corrected chi connectivity index (χ1v) is 4.19. The van der Waals surface area contributed by atoms with Crippen molar-refractivity contribution in [2.24, 2.45) is 11.8 Å². The van der Waals surface area contributed by atoms with Crippen LogP contribution in [0.2, 0.25) is 0 Å². The average Bonchev–Trinajstić information content (AvgIpc) is 2.63. The van der Waals surface area contributed by atoms with Gasteiger partial charge in [0.05, 0.1) is 6.17 Å². The first kappa shape index (κ1) is 6.62. The fourth-order valence-electron chi connectivity index (χ4n) is 2.12. The summed E-state index contributed by atoms with van der Waals surface area (Å²) >= 11 is 0. The van der Waals surface area contributed by atoms with E-state index in [-0.39, 0.29) is 0 Å². The number of nitrogens with zero attached hydrogens (tertiary/aromatic N) is 1. The van der Waals surface area contributed by atoms with E-state index in [2.05, 4.69) is 24.3 Å². The maximum absolute atomic E-state index is 3.54. The minimum absolute atomic E-state index is 0.679. The van der Waals surface area contributed by atoms with Crippen LogP contribution >= 0.6 is 0 Å². The molecule has 58 valence electrons. The Morgan fingerprint density at radius 1 is 1.40 bits per heavy atom. The summed E-state index contributed by atoms with van der Waals surface area (Å²) in [4.78, 5) is 2.31. The van der Waals surface area contributed by atoms with E-state index < -0.39 is 0 Å². The van der Waals surface area contributed by atoms with E-state index in [1.165, 1.54) is 19.4 Å². The highest BCUT2D eigenvalue weighted by molar-refractivity contribution is 4.97. The lowest BCUT2D eigenvalue weighted by Crippen LogP contribution is -2.46. The number of hydrogen-bond donors (Lipinski definition) is 1. The number of nitrogens with one attached hydrogen (secondary N) is 1.